The summed E-state index contributed by atoms with van der Waals surface area (Å²) in [6.07, 6.45) is -2.32. The van der Waals surface area contributed by atoms with Crippen LogP contribution in [-0.4, -0.2) is 57.4 Å². The number of benzene rings is 1. The van der Waals surface area contributed by atoms with Gasteiger partial charge in [-0.15, -0.1) is 0 Å². The molecule has 2 N–H and O–H groups in total. The zero-order chi connectivity index (χ0) is 20.5. The van der Waals surface area contributed by atoms with E-state index in [0.717, 1.165) is 29.9 Å². The van der Waals surface area contributed by atoms with Crippen LogP contribution >= 0.6 is 0 Å². The van der Waals surface area contributed by atoms with Gasteiger partial charge in [0.15, 0.2) is 6.54 Å². The highest BCUT2D eigenvalue weighted by atomic mass is 32.2. The number of quaternary nitrogens is 1. The molecule has 0 radical (unpaired) electrons. The van der Waals surface area contributed by atoms with Crippen molar-refractivity contribution in [1.29, 1.82) is 0 Å². The lowest BCUT2D eigenvalue weighted by Crippen LogP contribution is -3.15. The number of piperazine rings is 1. The topological polar surface area (TPSA) is 70.9 Å². The maximum absolute atomic E-state index is 12.9. The number of hydrogen-bond donors (Lipinski definition) is 2. The molecule has 1 aromatic rings. The van der Waals surface area contributed by atoms with Crippen LogP contribution in [0, 0.1) is 5.92 Å². The number of hydrogen-bond acceptors (Lipinski definition) is 3. The van der Waals surface area contributed by atoms with Crippen molar-refractivity contribution in [2.24, 2.45) is 5.92 Å². The first-order valence-electron chi connectivity index (χ1n) is 9.37. The minimum Gasteiger partial charge on any atom is -0.348 e. The van der Waals surface area contributed by atoms with E-state index in [1.165, 1.54) is 10.4 Å². The SMILES string of the molecule is C[C@H](NC(=O)C[NH+]1CCN(S(=O)(=O)c2cccc(C(F)(F)F)c2)CC1)C1CC1. The smallest absolute Gasteiger partial charge is 0.348 e. The van der Waals surface area contributed by atoms with Gasteiger partial charge in [-0.25, -0.2) is 8.42 Å². The van der Waals surface area contributed by atoms with Crippen molar-refractivity contribution in [2.75, 3.05) is 32.7 Å². The number of halogens is 3. The number of carbonyl (C=O) groups excluding carboxylic acids is 1. The van der Waals surface area contributed by atoms with Crippen LogP contribution in [0.5, 0.6) is 0 Å². The molecule has 0 unspecified atom stereocenters. The molecular formula is C18H25F3N3O3S+. The third-order valence-corrected chi connectivity index (χ3v) is 7.25. The van der Waals surface area contributed by atoms with Gasteiger partial charge in [-0.3, -0.25) is 4.79 Å². The predicted octanol–water partition coefficient (Wildman–Crippen LogP) is 0.509. The van der Waals surface area contributed by atoms with Gasteiger partial charge >= 0.3 is 6.18 Å². The number of rotatable bonds is 6. The first kappa shape index (κ1) is 21.1. The molecule has 1 aliphatic carbocycles. The summed E-state index contributed by atoms with van der Waals surface area (Å²) in [5, 5.41) is 2.98. The fourth-order valence-corrected chi connectivity index (χ4v) is 4.94. The normalized spacial score (nSPS) is 20.7. The highest BCUT2D eigenvalue weighted by molar-refractivity contribution is 7.89. The maximum Gasteiger partial charge on any atom is 0.416 e. The molecule has 0 bridgehead atoms. The maximum atomic E-state index is 12.9. The standard InChI is InChI=1S/C18H24F3N3O3S/c1-13(14-5-6-14)22-17(25)12-23-7-9-24(10-8-23)28(26,27)16-4-2-3-15(11-16)18(19,20)21/h2-4,11,13-14H,5-10,12H2,1H3,(H,22,25)/p+1/t13-/m0/s1. The largest absolute Gasteiger partial charge is 0.416 e. The monoisotopic (exact) mass is 420 g/mol. The highest BCUT2D eigenvalue weighted by Crippen LogP contribution is 2.32. The van der Waals surface area contributed by atoms with Gasteiger partial charge in [-0.1, -0.05) is 6.07 Å². The quantitative estimate of drug-likeness (QED) is 0.705. The Hall–Kier alpha value is -1.65. The van der Waals surface area contributed by atoms with Gasteiger partial charge in [0.1, 0.15) is 0 Å². The van der Waals surface area contributed by atoms with E-state index in [1.807, 2.05) is 6.92 Å². The van der Waals surface area contributed by atoms with E-state index in [-0.39, 0.29) is 36.5 Å². The molecule has 0 aromatic heterocycles. The minimum absolute atomic E-state index is 0.0522. The van der Waals surface area contributed by atoms with E-state index in [4.69, 9.17) is 0 Å². The average molecular weight is 420 g/mol. The van der Waals surface area contributed by atoms with Gasteiger partial charge in [0.2, 0.25) is 10.0 Å². The number of alkyl halides is 3. The number of amides is 1. The number of sulfonamides is 1. The molecule has 6 nitrogen and oxygen atoms in total. The van der Waals surface area contributed by atoms with Crippen LogP contribution in [-0.2, 0) is 21.0 Å². The zero-order valence-electron chi connectivity index (χ0n) is 15.6. The summed E-state index contributed by atoms with van der Waals surface area (Å²) < 4.78 is 65.2. The minimum atomic E-state index is -4.60. The van der Waals surface area contributed by atoms with E-state index in [0.29, 0.717) is 25.1 Å². The van der Waals surface area contributed by atoms with Crippen LogP contribution < -0.4 is 10.2 Å². The second-order valence-electron chi connectivity index (χ2n) is 7.55. The zero-order valence-corrected chi connectivity index (χ0v) is 16.4. The lowest BCUT2D eigenvalue weighted by molar-refractivity contribution is -0.895. The first-order chi connectivity index (χ1) is 13.1. The Morgan fingerprint density at radius 2 is 1.93 bits per heavy atom. The number of carbonyl (C=O) groups is 1. The molecule has 2 fully saturated rings. The average Bonchev–Trinajstić information content (AvgIpc) is 3.46. The van der Waals surface area contributed by atoms with Gasteiger partial charge < -0.3 is 10.2 Å². The van der Waals surface area contributed by atoms with Crippen molar-refractivity contribution in [1.82, 2.24) is 9.62 Å². The second-order valence-corrected chi connectivity index (χ2v) is 9.49. The van der Waals surface area contributed by atoms with Crippen LogP contribution in [0.2, 0.25) is 0 Å². The third-order valence-electron chi connectivity index (χ3n) is 5.36. The second kappa shape index (κ2) is 8.00. The lowest BCUT2D eigenvalue weighted by Gasteiger charge is -2.31. The van der Waals surface area contributed by atoms with Gasteiger partial charge in [0, 0.05) is 6.04 Å². The summed E-state index contributed by atoms with van der Waals surface area (Å²) in [5.41, 5.74) is -0.987. The lowest BCUT2D eigenvalue weighted by atomic mass is 10.2. The van der Waals surface area contributed by atoms with Crippen molar-refractivity contribution in [3.63, 3.8) is 0 Å². The fourth-order valence-electron chi connectivity index (χ4n) is 3.45. The van der Waals surface area contributed by atoms with Crippen molar-refractivity contribution in [3.05, 3.63) is 29.8 Å². The van der Waals surface area contributed by atoms with E-state index >= 15 is 0 Å². The Morgan fingerprint density at radius 3 is 2.50 bits per heavy atom. The van der Waals surface area contributed by atoms with Crippen molar-refractivity contribution in [3.8, 4) is 0 Å². The summed E-state index contributed by atoms with van der Waals surface area (Å²) in [7, 11) is -4.00. The summed E-state index contributed by atoms with van der Waals surface area (Å²) in [6, 6.07) is 3.96. The van der Waals surface area contributed by atoms with Gasteiger partial charge in [-0.2, -0.15) is 17.5 Å². The molecule has 28 heavy (non-hydrogen) atoms. The molecule has 10 heteroatoms. The summed E-state index contributed by atoms with van der Waals surface area (Å²) in [4.78, 5) is 12.7. The molecule has 1 saturated carbocycles. The summed E-state index contributed by atoms with van der Waals surface area (Å²) in [6.45, 7) is 3.46. The molecular weight excluding hydrogens is 395 g/mol. The van der Waals surface area contributed by atoms with Crippen LogP contribution in [0.1, 0.15) is 25.3 Å². The molecule has 1 heterocycles. The number of nitrogens with zero attached hydrogens (tertiary/aromatic N) is 1. The molecule has 0 spiro atoms. The molecule has 156 valence electrons. The van der Waals surface area contributed by atoms with Crippen LogP contribution in [0.4, 0.5) is 13.2 Å². The van der Waals surface area contributed by atoms with E-state index < -0.39 is 21.8 Å². The van der Waals surface area contributed by atoms with Crippen LogP contribution in [0.25, 0.3) is 0 Å². The fraction of sp³-hybridized carbons (Fsp3) is 0.611. The van der Waals surface area contributed by atoms with Crippen LogP contribution in [0.15, 0.2) is 29.2 Å². The van der Waals surface area contributed by atoms with Gasteiger partial charge in [-0.05, 0) is 43.9 Å². The van der Waals surface area contributed by atoms with Crippen molar-refractivity contribution in [2.45, 2.75) is 36.9 Å². The highest BCUT2D eigenvalue weighted by Gasteiger charge is 2.35. The molecule has 1 aromatic carbocycles. The Kier molecular flexibility index (Phi) is 6.02. The summed E-state index contributed by atoms with van der Waals surface area (Å²) in [5.74, 6) is 0.511. The Morgan fingerprint density at radius 1 is 1.29 bits per heavy atom. The van der Waals surface area contributed by atoms with Gasteiger partial charge in [0.05, 0.1) is 36.6 Å². The van der Waals surface area contributed by atoms with Crippen molar-refractivity contribution >= 4 is 15.9 Å². The molecule has 1 aliphatic heterocycles. The Bertz CT molecular complexity index is 817. The van der Waals surface area contributed by atoms with E-state index in [1.54, 1.807) is 0 Å². The molecule has 1 saturated heterocycles. The molecule has 3 rings (SSSR count). The van der Waals surface area contributed by atoms with E-state index in [2.05, 4.69) is 5.32 Å². The first-order valence-corrected chi connectivity index (χ1v) is 10.8. The Balaban J connectivity index is 1.57. The molecule has 2 aliphatic rings. The van der Waals surface area contributed by atoms with Gasteiger partial charge in [0.25, 0.3) is 5.91 Å². The summed E-state index contributed by atoms with van der Waals surface area (Å²) >= 11 is 0. The van der Waals surface area contributed by atoms with E-state index in [9.17, 15) is 26.4 Å². The third kappa shape index (κ3) is 5.03. The number of nitrogens with one attached hydrogen (secondary N) is 2. The van der Waals surface area contributed by atoms with Crippen LogP contribution in [0.3, 0.4) is 0 Å². The van der Waals surface area contributed by atoms with Crippen molar-refractivity contribution < 1.29 is 31.3 Å². The Labute approximate surface area is 162 Å². The molecule has 1 atom stereocenters. The predicted molar refractivity (Wildman–Crippen MR) is 96.1 cm³/mol. The molecule has 1 amide bonds.